The van der Waals surface area contributed by atoms with Gasteiger partial charge in [0, 0.05) is 13.1 Å². The Labute approximate surface area is 166 Å². The van der Waals surface area contributed by atoms with Crippen LogP contribution in [0.1, 0.15) is 17.3 Å². The molecule has 0 spiro atoms. The third kappa shape index (κ3) is 4.75. The highest BCUT2D eigenvalue weighted by Gasteiger charge is 2.30. The molecule has 1 atom stereocenters. The predicted molar refractivity (Wildman–Crippen MR) is 106 cm³/mol. The van der Waals surface area contributed by atoms with Gasteiger partial charge in [-0.25, -0.2) is 14.4 Å². The molecule has 1 aliphatic heterocycles. The number of amidine groups is 1. The molecule has 0 bridgehead atoms. The quantitative estimate of drug-likeness (QED) is 0.633. The van der Waals surface area contributed by atoms with Crippen LogP contribution in [0.2, 0.25) is 0 Å². The number of nitrogens with zero attached hydrogens (tertiary/aromatic N) is 2. The first-order valence-electron chi connectivity index (χ1n) is 9.02. The van der Waals surface area contributed by atoms with Gasteiger partial charge in [-0.1, -0.05) is 30.3 Å². The second-order valence-corrected chi connectivity index (χ2v) is 6.27. The molecule has 1 heterocycles. The molecule has 0 aromatic heterocycles. The molecular weight excluding hydrogens is 377 g/mol. The van der Waals surface area contributed by atoms with Crippen LogP contribution in [0.3, 0.4) is 0 Å². The summed E-state index contributed by atoms with van der Waals surface area (Å²) in [5.74, 6) is -2.01. The van der Waals surface area contributed by atoms with E-state index in [-0.39, 0.29) is 30.4 Å². The first kappa shape index (κ1) is 20.0. The topological polar surface area (TPSA) is 103 Å². The molecule has 0 aliphatic carbocycles. The third-order valence-electron chi connectivity index (χ3n) is 4.16. The maximum Gasteiger partial charge on any atom is 0.288 e. The van der Waals surface area contributed by atoms with Gasteiger partial charge in [0.05, 0.1) is 11.3 Å². The van der Waals surface area contributed by atoms with Gasteiger partial charge in [0.25, 0.3) is 17.7 Å². The van der Waals surface area contributed by atoms with Gasteiger partial charge in [0.15, 0.2) is 0 Å². The first-order valence-corrected chi connectivity index (χ1v) is 9.02. The normalized spacial score (nSPS) is 15.9. The first-order chi connectivity index (χ1) is 14.0. The molecule has 1 unspecified atom stereocenters. The van der Waals surface area contributed by atoms with Crippen LogP contribution in [0.25, 0.3) is 0 Å². The summed E-state index contributed by atoms with van der Waals surface area (Å²) in [5, 5.41) is 6.40. The fourth-order valence-electron chi connectivity index (χ4n) is 2.68. The molecule has 8 nitrogen and oxygen atoms in total. The predicted octanol–water partition coefficient (Wildman–Crippen LogP) is 1.01. The fraction of sp³-hybridized carbons (Fsp3) is 0.200. The minimum atomic E-state index is -0.724. The summed E-state index contributed by atoms with van der Waals surface area (Å²) in [6.07, 6.45) is 0. The van der Waals surface area contributed by atoms with Crippen LogP contribution >= 0.6 is 0 Å². The number of hydrogen-bond acceptors (Lipinski definition) is 5. The van der Waals surface area contributed by atoms with Crippen molar-refractivity contribution in [2.24, 2.45) is 4.99 Å². The van der Waals surface area contributed by atoms with Gasteiger partial charge in [0.2, 0.25) is 5.84 Å². The number of hydrazine groups is 1. The van der Waals surface area contributed by atoms with Gasteiger partial charge in [-0.15, -0.1) is 0 Å². The van der Waals surface area contributed by atoms with E-state index >= 15 is 0 Å². The number of benzene rings is 2. The molecule has 3 N–H and O–H groups in total. The number of hydrogen-bond donors (Lipinski definition) is 3. The van der Waals surface area contributed by atoms with Crippen LogP contribution in [0.4, 0.5) is 10.1 Å². The Morgan fingerprint density at radius 2 is 1.66 bits per heavy atom. The Bertz CT molecular complexity index is 948. The van der Waals surface area contributed by atoms with Crippen LogP contribution in [0.5, 0.6) is 0 Å². The molecule has 1 aliphatic rings. The summed E-state index contributed by atoms with van der Waals surface area (Å²) >= 11 is 0. The Morgan fingerprint density at radius 3 is 2.34 bits per heavy atom. The Hall–Kier alpha value is -3.75. The van der Waals surface area contributed by atoms with E-state index in [1.807, 2.05) is 6.07 Å². The van der Waals surface area contributed by atoms with Crippen molar-refractivity contribution in [3.05, 3.63) is 66.0 Å². The smallest absolute Gasteiger partial charge is 0.288 e. The Morgan fingerprint density at radius 1 is 1.03 bits per heavy atom. The van der Waals surface area contributed by atoms with E-state index in [0.29, 0.717) is 5.69 Å². The highest BCUT2D eigenvalue weighted by Crippen LogP contribution is 2.15. The molecule has 29 heavy (non-hydrogen) atoms. The fourth-order valence-corrected chi connectivity index (χ4v) is 2.68. The molecule has 0 radical (unpaired) electrons. The van der Waals surface area contributed by atoms with E-state index in [2.05, 4.69) is 21.1 Å². The van der Waals surface area contributed by atoms with Crippen LogP contribution < -0.4 is 21.1 Å². The number of halogens is 1. The van der Waals surface area contributed by atoms with Crippen molar-refractivity contribution >= 4 is 29.2 Å². The van der Waals surface area contributed by atoms with Crippen molar-refractivity contribution in [3.63, 3.8) is 0 Å². The summed E-state index contributed by atoms with van der Waals surface area (Å²) in [6.45, 7) is 1.80. The maximum absolute atomic E-state index is 13.6. The third-order valence-corrected chi connectivity index (χ3v) is 4.16. The van der Waals surface area contributed by atoms with Gasteiger partial charge >= 0.3 is 0 Å². The molecular formula is C20H20FN5O3. The Balaban J connectivity index is 1.54. The lowest BCUT2D eigenvalue weighted by Crippen LogP contribution is -2.58. The second kappa shape index (κ2) is 8.96. The number of nitrogens with one attached hydrogen (secondary N) is 3. The molecule has 150 valence electrons. The van der Waals surface area contributed by atoms with Gasteiger partial charge in [-0.2, -0.15) is 0 Å². The molecule has 0 saturated heterocycles. The summed E-state index contributed by atoms with van der Waals surface area (Å²) in [6, 6.07) is 13.7. The van der Waals surface area contributed by atoms with Gasteiger partial charge in [-0.3, -0.25) is 19.8 Å². The Kier molecular flexibility index (Phi) is 6.18. The standard InChI is InChI=1S/C20H20FN5O3/c1-13-20(29)26(14-7-3-2-4-8-14)25-17(24-13)19(28)23-12-11-22-18(27)15-9-5-6-10-16(15)21/h2-10,13H,11-12H2,1H3,(H,22,27)(H,23,28)(H,24,25). The SMILES string of the molecule is CC1N=C(C(=O)NCCNC(=O)c2ccccc2F)NN(c2ccccc2)C1=O. The molecule has 2 aromatic carbocycles. The van der Waals surface area contributed by atoms with Crippen molar-refractivity contribution in [1.29, 1.82) is 0 Å². The van der Waals surface area contributed by atoms with Crippen LogP contribution in [-0.2, 0) is 9.59 Å². The summed E-state index contributed by atoms with van der Waals surface area (Å²) in [4.78, 5) is 40.7. The highest BCUT2D eigenvalue weighted by atomic mass is 19.1. The average Bonchev–Trinajstić information content (AvgIpc) is 2.73. The molecule has 0 saturated carbocycles. The van der Waals surface area contributed by atoms with E-state index in [1.165, 1.54) is 23.2 Å². The number of anilines is 1. The number of rotatable bonds is 6. The highest BCUT2D eigenvalue weighted by molar-refractivity contribution is 6.39. The lowest BCUT2D eigenvalue weighted by molar-refractivity contribution is -0.120. The van der Waals surface area contributed by atoms with Crippen molar-refractivity contribution in [1.82, 2.24) is 16.1 Å². The van der Waals surface area contributed by atoms with Crippen molar-refractivity contribution in [3.8, 4) is 0 Å². The van der Waals surface area contributed by atoms with E-state index in [1.54, 1.807) is 37.3 Å². The minimum absolute atomic E-state index is 0.0126. The van der Waals surface area contributed by atoms with Gasteiger partial charge in [-0.05, 0) is 31.2 Å². The summed E-state index contributed by atoms with van der Waals surface area (Å²) < 4.78 is 13.6. The number of carbonyl (C=O) groups is 3. The molecule has 2 aromatic rings. The maximum atomic E-state index is 13.6. The minimum Gasteiger partial charge on any atom is -0.350 e. The van der Waals surface area contributed by atoms with Gasteiger partial charge in [0.1, 0.15) is 11.9 Å². The number of amides is 3. The van der Waals surface area contributed by atoms with E-state index in [9.17, 15) is 18.8 Å². The van der Waals surface area contributed by atoms with E-state index in [0.717, 1.165) is 0 Å². The lowest BCUT2D eigenvalue weighted by Gasteiger charge is -2.30. The number of para-hydroxylation sites is 1. The lowest BCUT2D eigenvalue weighted by atomic mass is 10.2. The average molecular weight is 397 g/mol. The van der Waals surface area contributed by atoms with Crippen molar-refractivity contribution in [2.45, 2.75) is 13.0 Å². The molecule has 9 heteroatoms. The summed E-state index contributed by atoms with van der Waals surface area (Å²) in [5.41, 5.74) is 3.24. The van der Waals surface area contributed by atoms with Crippen molar-refractivity contribution < 1.29 is 18.8 Å². The van der Waals surface area contributed by atoms with E-state index < -0.39 is 23.7 Å². The monoisotopic (exact) mass is 397 g/mol. The van der Waals surface area contributed by atoms with E-state index in [4.69, 9.17) is 0 Å². The molecule has 0 fully saturated rings. The zero-order chi connectivity index (χ0) is 20.8. The summed E-state index contributed by atoms with van der Waals surface area (Å²) in [7, 11) is 0. The zero-order valence-electron chi connectivity index (χ0n) is 15.7. The number of carbonyl (C=O) groups excluding carboxylic acids is 3. The van der Waals surface area contributed by atoms with Gasteiger partial charge < -0.3 is 10.6 Å². The largest absolute Gasteiger partial charge is 0.350 e. The van der Waals surface area contributed by atoms with Crippen LogP contribution in [0, 0.1) is 5.82 Å². The second-order valence-electron chi connectivity index (χ2n) is 6.27. The van der Waals surface area contributed by atoms with Crippen molar-refractivity contribution in [2.75, 3.05) is 18.1 Å². The number of aliphatic imine (C=N–C) groups is 1. The zero-order valence-corrected chi connectivity index (χ0v) is 15.7. The van der Waals surface area contributed by atoms with Crippen LogP contribution in [-0.4, -0.2) is 42.7 Å². The molecule has 3 rings (SSSR count). The molecule has 3 amide bonds. The van der Waals surface area contributed by atoms with Crippen LogP contribution in [0.15, 0.2) is 59.6 Å².